The van der Waals surface area contributed by atoms with E-state index < -0.39 is 35.3 Å². The fraction of sp³-hybridized carbons (Fsp3) is 0.290. The third kappa shape index (κ3) is 5.19. The summed E-state index contributed by atoms with van der Waals surface area (Å²) in [4.78, 5) is 27.7. The first-order valence-corrected chi connectivity index (χ1v) is 13.0. The molecule has 0 spiro atoms. The molecule has 4 aromatic rings. The monoisotopic (exact) mass is 544 g/mol. The number of aryl methyl sites for hydroxylation is 1. The number of benzene rings is 3. The highest BCUT2D eigenvalue weighted by Crippen LogP contribution is 2.42. The van der Waals surface area contributed by atoms with E-state index in [9.17, 15) is 14.7 Å². The van der Waals surface area contributed by atoms with Gasteiger partial charge in [0.1, 0.15) is 29.4 Å². The Kier molecular flexibility index (Phi) is 7.88. The van der Waals surface area contributed by atoms with Crippen LogP contribution in [0.5, 0.6) is 11.5 Å². The van der Waals surface area contributed by atoms with E-state index in [-0.39, 0.29) is 13.0 Å². The number of nitrogens with zero attached hydrogens (tertiary/aromatic N) is 1. The molecule has 0 radical (unpaired) electrons. The first-order valence-electron chi connectivity index (χ1n) is 13.0. The highest BCUT2D eigenvalue weighted by molar-refractivity contribution is 5.49. The second-order valence-electron chi connectivity index (χ2n) is 9.71. The van der Waals surface area contributed by atoms with Crippen molar-refractivity contribution in [3.63, 3.8) is 0 Å². The number of rotatable bonds is 9. The van der Waals surface area contributed by atoms with E-state index in [2.05, 4.69) is 4.98 Å². The summed E-state index contributed by atoms with van der Waals surface area (Å²) in [5, 5.41) is 10.9. The van der Waals surface area contributed by atoms with Crippen molar-refractivity contribution in [3.8, 4) is 11.5 Å². The highest BCUT2D eigenvalue weighted by atomic mass is 16.6. The molecule has 5 rings (SSSR count). The molecule has 3 atom stereocenters. The van der Waals surface area contributed by atoms with Gasteiger partial charge in [-0.05, 0) is 47.9 Å². The van der Waals surface area contributed by atoms with Crippen LogP contribution in [0, 0.1) is 6.92 Å². The molecule has 1 fully saturated rings. The van der Waals surface area contributed by atoms with Crippen LogP contribution in [0.1, 0.15) is 35.0 Å². The van der Waals surface area contributed by atoms with Gasteiger partial charge in [0.25, 0.3) is 5.56 Å². The first-order chi connectivity index (χ1) is 19.3. The van der Waals surface area contributed by atoms with Gasteiger partial charge in [-0.3, -0.25) is 4.79 Å². The molecule has 3 aromatic carbocycles. The Balaban J connectivity index is 1.54. The van der Waals surface area contributed by atoms with Crippen LogP contribution in [0.4, 0.5) is 0 Å². The lowest BCUT2D eigenvalue weighted by molar-refractivity contribution is -0.0949. The van der Waals surface area contributed by atoms with Crippen LogP contribution >= 0.6 is 0 Å². The average Bonchev–Trinajstić information content (AvgIpc) is 3.33. The van der Waals surface area contributed by atoms with E-state index in [1.165, 1.54) is 6.07 Å². The minimum Gasteiger partial charge on any atom is -0.497 e. The van der Waals surface area contributed by atoms with E-state index >= 15 is 0 Å². The predicted octanol–water partition coefficient (Wildman–Crippen LogP) is 3.52. The van der Waals surface area contributed by atoms with Gasteiger partial charge in [0, 0.05) is 18.2 Å². The zero-order valence-corrected chi connectivity index (χ0v) is 22.6. The molecule has 0 amide bonds. The van der Waals surface area contributed by atoms with Crippen molar-refractivity contribution in [1.82, 2.24) is 9.55 Å². The standard InChI is InChI=1S/C31H32N2O7/c1-20-17-28(35)33(30(36)32-20)29-18-26(34)27(40-29)19-39-31(21-7-5-4-6-8-21,22-9-13-24(37-2)14-10-22)23-11-15-25(38-3)16-12-23/h4-17,26-27,29,34H,18-19H2,1-3H3,(H,32,36)/t26-,27+,29-/m0/s1. The fourth-order valence-electron chi connectivity index (χ4n) is 5.20. The van der Waals surface area contributed by atoms with Gasteiger partial charge in [-0.2, -0.15) is 0 Å². The molecule has 9 nitrogen and oxygen atoms in total. The molecule has 1 aliphatic rings. The molecular weight excluding hydrogens is 512 g/mol. The van der Waals surface area contributed by atoms with E-state index in [0.717, 1.165) is 21.3 Å². The molecule has 0 saturated carbocycles. The molecule has 2 N–H and O–H groups in total. The Morgan fingerprint density at radius 2 is 1.45 bits per heavy atom. The minimum absolute atomic E-state index is 0.0247. The topological polar surface area (TPSA) is 112 Å². The van der Waals surface area contributed by atoms with Crippen LogP contribution in [0.15, 0.2) is 94.5 Å². The molecule has 9 heteroatoms. The van der Waals surface area contributed by atoms with Crippen molar-refractivity contribution < 1.29 is 24.1 Å². The van der Waals surface area contributed by atoms with E-state index in [1.807, 2.05) is 78.9 Å². The Morgan fingerprint density at radius 3 is 1.98 bits per heavy atom. The smallest absolute Gasteiger partial charge is 0.330 e. The van der Waals surface area contributed by atoms with Crippen molar-refractivity contribution in [3.05, 3.63) is 128 Å². The average molecular weight is 545 g/mol. The predicted molar refractivity (Wildman–Crippen MR) is 149 cm³/mol. The van der Waals surface area contributed by atoms with Crippen LogP contribution in [0.25, 0.3) is 0 Å². The lowest BCUT2D eigenvalue weighted by Crippen LogP contribution is -2.39. The lowest BCUT2D eigenvalue weighted by atomic mass is 9.80. The number of H-pyrrole nitrogens is 1. The zero-order chi connectivity index (χ0) is 28.3. The summed E-state index contributed by atoms with van der Waals surface area (Å²) >= 11 is 0. The van der Waals surface area contributed by atoms with Gasteiger partial charge in [-0.1, -0.05) is 54.6 Å². The number of aliphatic hydroxyl groups is 1. The van der Waals surface area contributed by atoms with Gasteiger partial charge in [-0.15, -0.1) is 0 Å². The quantitative estimate of drug-likeness (QED) is 0.310. The van der Waals surface area contributed by atoms with Crippen molar-refractivity contribution in [2.24, 2.45) is 0 Å². The van der Waals surface area contributed by atoms with Crippen molar-refractivity contribution in [1.29, 1.82) is 0 Å². The number of ether oxygens (including phenoxy) is 4. The number of aliphatic hydroxyl groups excluding tert-OH is 1. The highest BCUT2D eigenvalue weighted by Gasteiger charge is 2.42. The second kappa shape index (κ2) is 11.5. The number of hydrogen-bond donors (Lipinski definition) is 2. The molecule has 2 heterocycles. The summed E-state index contributed by atoms with van der Waals surface area (Å²) in [5.74, 6) is 1.40. The van der Waals surface area contributed by atoms with Crippen LogP contribution in [0.3, 0.4) is 0 Å². The van der Waals surface area contributed by atoms with Crippen molar-refractivity contribution in [2.45, 2.75) is 37.4 Å². The van der Waals surface area contributed by atoms with E-state index in [0.29, 0.717) is 17.2 Å². The van der Waals surface area contributed by atoms with Gasteiger partial charge in [-0.25, -0.2) is 9.36 Å². The van der Waals surface area contributed by atoms with Crippen LogP contribution in [-0.4, -0.2) is 47.7 Å². The molecule has 1 aromatic heterocycles. The third-order valence-electron chi connectivity index (χ3n) is 7.23. The Morgan fingerprint density at radius 1 is 0.900 bits per heavy atom. The third-order valence-corrected chi connectivity index (χ3v) is 7.23. The minimum atomic E-state index is -1.10. The largest absolute Gasteiger partial charge is 0.497 e. The Labute approximate surface area is 231 Å². The van der Waals surface area contributed by atoms with Crippen LogP contribution < -0.4 is 20.7 Å². The van der Waals surface area contributed by atoms with Gasteiger partial charge < -0.3 is 29.0 Å². The summed E-state index contributed by atoms with van der Waals surface area (Å²) in [6.45, 7) is 1.61. The first kappa shape index (κ1) is 27.4. The maximum atomic E-state index is 12.6. The SMILES string of the molecule is COc1ccc(C(OC[C@H]2O[C@H](n3c(=O)cc(C)[nH]c3=O)C[C@@H]2O)(c2ccccc2)c2ccc(OC)cc2)cc1. The van der Waals surface area contributed by atoms with Gasteiger partial charge in [0.05, 0.1) is 26.9 Å². The molecule has 1 aliphatic heterocycles. The normalized spacial score (nSPS) is 18.9. The van der Waals surface area contributed by atoms with Gasteiger partial charge in [0.15, 0.2) is 0 Å². The van der Waals surface area contributed by atoms with Gasteiger partial charge in [0.2, 0.25) is 0 Å². The number of nitrogens with one attached hydrogen (secondary N) is 1. The van der Waals surface area contributed by atoms with E-state index in [1.54, 1.807) is 21.1 Å². The molecule has 40 heavy (non-hydrogen) atoms. The van der Waals surface area contributed by atoms with E-state index in [4.69, 9.17) is 18.9 Å². The lowest BCUT2D eigenvalue weighted by Gasteiger charge is -2.37. The number of hydrogen-bond acceptors (Lipinski definition) is 7. The molecule has 0 unspecified atom stereocenters. The van der Waals surface area contributed by atoms with Gasteiger partial charge >= 0.3 is 5.69 Å². The number of aromatic amines is 1. The van der Waals surface area contributed by atoms with Crippen LogP contribution in [0.2, 0.25) is 0 Å². The number of aromatic nitrogens is 2. The zero-order valence-electron chi connectivity index (χ0n) is 22.6. The molecule has 0 aliphatic carbocycles. The fourth-order valence-corrected chi connectivity index (χ4v) is 5.20. The Hall–Kier alpha value is -4.18. The van der Waals surface area contributed by atoms with Crippen molar-refractivity contribution in [2.75, 3.05) is 20.8 Å². The second-order valence-corrected chi connectivity index (χ2v) is 9.71. The maximum Gasteiger partial charge on any atom is 0.330 e. The summed E-state index contributed by atoms with van der Waals surface area (Å²) in [6.07, 6.45) is -2.60. The summed E-state index contributed by atoms with van der Waals surface area (Å²) < 4.78 is 24.7. The number of methoxy groups -OCH3 is 2. The maximum absolute atomic E-state index is 12.6. The summed E-state index contributed by atoms with van der Waals surface area (Å²) in [7, 11) is 3.22. The summed E-state index contributed by atoms with van der Waals surface area (Å²) in [6, 6.07) is 26.3. The Bertz CT molecular complexity index is 1470. The van der Waals surface area contributed by atoms with Crippen molar-refractivity contribution >= 4 is 0 Å². The molecule has 208 valence electrons. The summed E-state index contributed by atoms with van der Waals surface area (Å²) in [5.41, 5.74) is 0.810. The van der Waals surface area contributed by atoms with Crippen LogP contribution in [-0.2, 0) is 15.1 Å². The molecule has 1 saturated heterocycles. The molecule has 0 bridgehead atoms. The molecular formula is C31H32N2O7.